The van der Waals surface area contributed by atoms with Crippen LogP contribution in [0.15, 0.2) is 10.3 Å². The van der Waals surface area contributed by atoms with Gasteiger partial charge in [-0.1, -0.05) is 10.3 Å². The second-order valence-corrected chi connectivity index (χ2v) is 11.2. The van der Waals surface area contributed by atoms with E-state index in [-0.39, 0.29) is 30.6 Å². The number of amides is 3. The molecule has 0 aliphatic heterocycles. The molecular formula is C28H56N8O7. The number of nitrogens with one attached hydrogen (secondary N) is 5. The summed E-state index contributed by atoms with van der Waals surface area (Å²) in [6.07, 6.45) is 0.164. The molecule has 7 N–H and O–H groups in total. The van der Waals surface area contributed by atoms with Gasteiger partial charge in [0.15, 0.2) is 0 Å². The summed E-state index contributed by atoms with van der Waals surface area (Å²) in [7, 11) is 0. The van der Waals surface area contributed by atoms with Crippen molar-refractivity contribution in [1.29, 1.82) is 0 Å². The van der Waals surface area contributed by atoms with E-state index in [1.807, 2.05) is 27.7 Å². The molecule has 0 saturated carbocycles. The van der Waals surface area contributed by atoms with E-state index in [0.29, 0.717) is 90.2 Å². The average Bonchev–Trinajstić information content (AvgIpc) is 2.95. The number of carbonyl (C=O) groups is 3. The molecule has 0 atom stereocenters. The van der Waals surface area contributed by atoms with Gasteiger partial charge < -0.3 is 46.5 Å². The number of hydrogen-bond acceptors (Lipinski definition) is 12. The number of carbonyl (C=O) groups excluding carboxylic acids is 3. The molecule has 0 heterocycles. The molecule has 0 fully saturated rings. The number of oxime groups is 2. The molecule has 15 nitrogen and oxygen atoms in total. The van der Waals surface area contributed by atoms with Crippen molar-refractivity contribution in [3.8, 4) is 0 Å². The Balaban J connectivity index is 4.38. The summed E-state index contributed by atoms with van der Waals surface area (Å²) >= 11 is 0. The maximum absolute atomic E-state index is 12.3. The molecule has 0 radical (unpaired) electrons. The molecule has 3 amide bonds. The van der Waals surface area contributed by atoms with Crippen LogP contribution in [-0.2, 0) is 23.9 Å². The van der Waals surface area contributed by atoms with Crippen LogP contribution in [0.2, 0.25) is 0 Å². The topological polar surface area (TPSA) is 198 Å². The largest absolute Gasteiger partial charge is 0.411 e. The zero-order chi connectivity index (χ0) is 32.7. The van der Waals surface area contributed by atoms with Crippen LogP contribution in [0.25, 0.3) is 0 Å². The molecule has 0 aliphatic carbocycles. The average molecular weight is 617 g/mol. The summed E-state index contributed by atoms with van der Waals surface area (Å²) in [5, 5.41) is 39.8. The lowest BCUT2D eigenvalue weighted by Gasteiger charge is -2.30. The molecule has 0 aromatic carbocycles. The van der Waals surface area contributed by atoms with E-state index in [1.54, 1.807) is 13.8 Å². The summed E-state index contributed by atoms with van der Waals surface area (Å²) < 4.78 is 10.7. The zero-order valence-corrected chi connectivity index (χ0v) is 27.2. The van der Waals surface area contributed by atoms with Gasteiger partial charge in [0.1, 0.15) is 0 Å². The van der Waals surface area contributed by atoms with Crippen LogP contribution in [0, 0.1) is 0 Å². The summed E-state index contributed by atoms with van der Waals surface area (Å²) in [4.78, 5) is 37.3. The van der Waals surface area contributed by atoms with Crippen LogP contribution in [0.5, 0.6) is 0 Å². The van der Waals surface area contributed by atoms with E-state index in [4.69, 9.17) is 19.9 Å². The Hall–Kier alpha value is -2.85. The van der Waals surface area contributed by atoms with E-state index in [9.17, 15) is 14.4 Å². The fourth-order valence-electron chi connectivity index (χ4n) is 3.54. The fourth-order valence-corrected chi connectivity index (χ4v) is 3.54. The van der Waals surface area contributed by atoms with Crippen LogP contribution >= 0.6 is 0 Å². The Morgan fingerprint density at radius 2 is 1.02 bits per heavy atom. The monoisotopic (exact) mass is 616 g/mol. The van der Waals surface area contributed by atoms with Crippen molar-refractivity contribution in [1.82, 2.24) is 31.5 Å². The molecule has 43 heavy (non-hydrogen) atoms. The molecule has 0 unspecified atom stereocenters. The molecule has 0 rings (SSSR count). The Labute approximate surface area is 256 Å². The van der Waals surface area contributed by atoms with Crippen LogP contribution in [0.4, 0.5) is 0 Å². The highest BCUT2D eigenvalue weighted by atomic mass is 16.5. The summed E-state index contributed by atoms with van der Waals surface area (Å²) in [6.45, 7) is 18.6. The first-order valence-corrected chi connectivity index (χ1v) is 14.8. The Bertz CT molecular complexity index is 845. The molecule has 0 bridgehead atoms. The Morgan fingerprint density at radius 1 is 0.628 bits per heavy atom. The second kappa shape index (κ2) is 22.7. The zero-order valence-electron chi connectivity index (χ0n) is 27.2. The SMILES string of the molecule is CC(=O)NCCOCCOCCNC(=O)CCC(=O)NCCN(CCNC(C)(C)/C(C)=N\O)CCNC(C)(C)/C(C)=N\O. The smallest absolute Gasteiger partial charge is 0.220 e. The van der Waals surface area contributed by atoms with Gasteiger partial charge in [-0.15, -0.1) is 0 Å². The van der Waals surface area contributed by atoms with E-state index < -0.39 is 11.1 Å². The van der Waals surface area contributed by atoms with Gasteiger partial charge in [-0.25, -0.2) is 0 Å². The highest BCUT2D eigenvalue weighted by Gasteiger charge is 2.23. The lowest BCUT2D eigenvalue weighted by molar-refractivity contribution is -0.126. The minimum absolute atomic E-state index is 0.0807. The van der Waals surface area contributed by atoms with Crippen molar-refractivity contribution in [2.45, 2.75) is 72.4 Å². The van der Waals surface area contributed by atoms with E-state index in [2.05, 4.69) is 41.8 Å². The first-order valence-electron chi connectivity index (χ1n) is 14.8. The quantitative estimate of drug-likeness (QED) is 0.0315. The van der Waals surface area contributed by atoms with Gasteiger partial charge in [-0.2, -0.15) is 0 Å². The predicted molar refractivity (Wildman–Crippen MR) is 166 cm³/mol. The molecule has 0 aliphatic rings. The van der Waals surface area contributed by atoms with Crippen molar-refractivity contribution < 1.29 is 34.3 Å². The molecule has 15 heteroatoms. The third kappa shape index (κ3) is 20.7. The third-order valence-electron chi connectivity index (χ3n) is 6.99. The Kier molecular flexibility index (Phi) is 21.2. The molecule has 250 valence electrons. The van der Waals surface area contributed by atoms with Gasteiger partial charge in [0.05, 0.1) is 48.9 Å². The molecule has 0 aromatic rings. The van der Waals surface area contributed by atoms with E-state index >= 15 is 0 Å². The summed E-state index contributed by atoms with van der Waals surface area (Å²) in [5.74, 6) is -0.528. The lowest BCUT2D eigenvalue weighted by Crippen LogP contribution is -2.51. The minimum atomic E-state index is -0.472. The lowest BCUT2D eigenvalue weighted by atomic mass is 9.99. The van der Waals surface area contributed by atoms with Crippen molar-refractivity contribution >= 4 is 29.1 Å². The van der Waals surface area contributed by atoms with Crippen molar-refractivity contribution in [2.75, 3.05) is 78.8 Å². The third-order valence-corrected chi connectivity index (χ3v) is 6.99. The molecule has 0 aromatic heterocycles. The first-order chi connectivity index (χ1) is 20.2. The minimum Gasteiger partial charge on any atom is -0.411 e. The highest BCUT2D eigenvalue weighted by molar-refractivity contribution is 5.90. The van der Waals surface area contributed by atoms with Crippen LogP contribution < -0.4 is 26.6 Å². The fraction of sp³-hybridized carbons (Fsp3) is 0.821. The van der Waals surface area contributed by atoms with Gasteiger partial charge in [0.25, 0.3) is 0 Å². The van der Waals surface area contributed by atoms with Crippen LogP contribution in [0.1, 0.15) is 61.3 Å². The highest BCUT2D eigenvalue weighted by Crippen LogP contribution is 2.06. The predicted octanol–water partition coefficient (Wildman–Crippen LogP) is -0.0931. The van der Waals surface area contributed by atoms with Gasteiger partial charge in [0.2, 0.25) is 17.7 Å². The van der Waals surface area contributed by atoms with E-state index in [0.717, 1.165) is 0 Å². The van der Waals surface area contributed by atoms with Gasteiger partial charge in [0, 0.05) is 72.1 Å². The van der Waals surface area contributed by atoms with E-state index in [1.165, 1.54) is 6.92 Å². The maximum atomic E-state index is 12.3. The van der Waals surface area contributed by atoms with Crippen molar-refractivity contribution in [3.05, 3.63) is 0 Å². The first kappa shape index (κ1) is 40.1. The summed E-state index contributed by atoms with van der Waals surface area (Å²) in [6, 6.07) is 0. The van der Waals surface area contributed by atoms with Crippen LogP contribution in [0.3, 0.4) is 0 Å². The number of hydrogen-bond donors (Lipinski definition) is 7. The molecular weight excluding hydrogens is 560 g/mol. The van der Waals surface area contributed by atoms with Crippen molar-refractivity contribution in [3.63, 3.8) is 0 Å². The van der Waals surface area contributed by atoms with Gasteiger partial charge in [-0.05, 0) is 41.5 Å². The molecule has 0 spiro atoms. The number of nitrogens with zero attached hydrogens (tertiary/aromatic N) is 3. The normalized spacial score (nSPS) is 12.8. The number of rotatable bonds is 25. The van der Waals surface area contributed by atoms with Gasteiger partial charge >= 0.3 is 0 Å². The van der Waals surface area contributed by atoms with Gasteiger partial charge in [-0.3, -0.25) is 19.3 Å². The maximum Gasteiger partial charge on any atom is 0.220 e. The van der Waals surface area contributed by atoms with Crippen molar-refractivity contribution in [2.24, 2.45) is 10.3 Å². The second-order valence-electron chi connectivity index (χ2n) is 11.2. The standard InChI is InChI=1S/C28H56N8O7/c1-22(34-40)27(4,5)32-11-16-36(17-12-33-28(6,7)23(2)35-41)15-10-30-25(38)8-9-26(39)31-14-19-43-21-20-42-18-13-29-24(3)37/h32-33,40-41H,8-21H2,1-7H3,(H,29,37)(H,30,38)(H,31,39)/b34-22-,35-23-. The molecule has 0 saturated heterocycles. The number of ether oxygens (including phenoxy) is 2. The van der Waals surface area contributed by atoms with Crippen LogP contribution in [-0.4, -0.2) is 134 Å². The Morgan fingerprint density at radius 3 is 1.44 bits per heavy atom. The summed E-state index contributed by atoms with van der Waals surface area (Å²) in [5.41, 5.74) is 0.206.